The molecule has 0 atom stereocenters. The molecular weight excluding hydrogens is 904 g/mol. The van der Waals surface area contributed by atoms with E-state index in [9.17, 15) is 4.79 Å². The zero-order valence-corrected chi connectivity index (χ0v) is 36.3. The number of nitrogens with zero attached hydrogens (tertiary/aromatic N) is 4. The molecule has 4 N–H and O–H groups in total. The lowest BCUT2D eigenvalue weighted by Crippen LogP contribution is -2.13. The van der Waals surface area contributed by atoms with Gasteiger partial charge in [0, 0.05) is 53.4 Å². The smallest absolute Gasteiger partial charge is 0.238 e. The second-order valence-electron chi connectivity index (χ2n) is 13.1. The van der Waals surface area contributed by atoms with E-state index < -0.39 is 0 Å². The largest absolute Gasteiger partial charge is 0.493 e. The van der Waals surface area contributed by atoms with Crippen molar-refractivity contribution in [3.05, 3.63) is 99.7 Å². The summed E-state index contributed by atoms with van der Waals surface area (Å²) in [6.45, 7) is 0.181. The van der Waals surface area contributed by atoms with E-state index in [1.807, 2.05) is 36.4 Å². The highest BCUT2D eigenvalue weighted by molar-refractivity contribution is 9.11. The maximum atomic E-state index is 12.5. The molecule has 0 saturated heterocycles. The Balaban J connectivity index is 1.05. The maximum Gasteiger partial charge on any atom is 0.238 e. The Bertz CT molecular complexity index is 2480. The molecule has 1 amide bonds. The first-order valence-corrected chi connectivity index (χ1v) is 20.0. The summed E-state index contributed by atoms with van der Waals surface area (Å²) in [5, 5.41) is 12.7. The molecule has 1 saturated carbocycles. The van der Waals surface area contributed by atoms with Crippen molar-refractivity contribution in [1.82, 2.24) is 19.9 Å². The number of hydrogen-bond acceptors (Lipinski definition) is 15. The molecule has 0 aliphatic heterocycles. The third-order valence-electron chi connectivity index (χ3n) is 8.96. The minimum absolute atomic E-state index is 0.0285. The van der Waals surface area contributed by atoms with E-state index in [1.54, 1.807) is 84.3 Å². The van der Waals surface area contributed by atoms with Gasteiger partial charge in [-0.3, -0.25) is 4.79 Å². The second-order valence-corrected chi connectivity index (χ2v) is 14.8. The van der Waals surface area contributed by atoms with Crippen molar-refractivity contribution in [3.63, 3.8) is 0 Å². The van der Waals surface area contributed by atoms with Crippen LogP contribution in [0.25, 0.3) is 0 Å². The number of aromatic nitrogens is 4. The molecular formula is C42H40Br2N8O8. The van der Waals surface area contributed by atoms with Gasteiger partial charge in [0.15, 0.2) is 28.7 Å². The summed E-state index contributed by atoms with van der Waals surface area (Å²) in [6.07, 6.45) is 4.99. The van der Waals surface area contributed by atoms with Gasteiger partial charge in [0.05, 0.1) is 56.4 Å². The van der Waals surface area contributed by atoms with Crippen molar-refractivity contribution < 1.29 is 38.0 Å². The van der Waals surface area contributed by atoms with Gasteiger partial charge in [-0.15, -0.1) is 0 Å². The molecule has 4 aromatic carbocycles. The van der Waals surface area contributed by atoms with Gasteiger partial charge in [-0.2, -0.15) is 9.97 Å². The lowest BCUT2D eigenvalue weighted by atomic mass is 10.2. The summed E-state index contributed by atoms with van der Waals surface area (Å²) in [6, 6.07) is 21.9. The Morgan fingerprint density at radius 2 is 1.25 bits per heavy atom. The molecule has 7 rings (SSSR count). The topological polar surface area (TPSA) is 181 Å². The number of para-hydroxylation sites is 2. The lowest BCUT2D eigenvalue weighted by molar-refractivity contribution is -0.117. The third kappa shape index (κ3) is 10.0. The predicted molar refractivity (Wildman–Crippen MR) is 234 cm³/mol. The average Bonchev–Trinajstić information content (AvgIpc) is 4.12. The molecule has 2 heterocycles. The van der Waals surface area contributed by atoms with Crippen LogP contribution in [-0.2, 0) is 11.4 Å². The Labute approximate surface area is 362 Å². The zero-order valence-electron chi connectivity index (χ0n) is 33.1. The number of halogens is 2. The molecule has 16 nitrogen and oxygen atoms in total. The van der Waals surface area contributed by atoms with Crippen LogP contribution < -0.4 is 54.4 Å². The Hall–Kier alpha value is -6.53. The van der Waals surface area contributed by atoms with Crippen LogP contribution >= 0.6 is 31.9 Å². The van der Waals surface area contributed by atoms with Crippen LogP contribution in [-0.4, -0.2) is 61.4 Å². The third-order valence-corrected chi connectivity index (χ3v) is 10.1. The highest BCUT2D eigenvalue weighted by atomic mass is 79.9. The minimum atomic E-state index is -0.0285. The van der Waals surface area contributed by atoms with Gasteiger partial charge in [-0.05, 0) is 74.5 Å². The monoisotopic (exact) mass is 942 g/mol. The van der Waals surface area contributed by atoms with E-state index in [-0.39, 0.29) is 30.3 Å². The number of carbonyl (C=O) groups is 1. The summed E-state index contributed by atoms with van der Waals surface area (Å²) in [7, 11) is 7.73. The second kappa shape index (κ2) is 19.0. The molecule has 1 aliphatic carbocycles. The summed E-state index contributed by atoms with van der Waals surface area (Å²) in [4.78, 5) is 30.6. The van der Waals surface area contributed by atoms with E-state index in [1.165, 1.54) is 0 Å². The van der Waals surface area contributed by atoms with Gasteiger partial charge in [0.1, 0.15) is 12.4 Å². The number of hydrogen-bond donors (Lipinski definition) is 4. The van der Waals surface area contributed by atoms with Gasteiger partial charge in [-0.25, -0.2) is 9.97 Å². The fourth-order valence-electron chi connectivity index (χ4n) is 5.90. The first-order valence-electron chi connectivity index (χ1n) is 18.4. The van der Waals surface area contributed by atoms with Crippen LogP contribution in [0.5, 0.6) is 46.1 Å². The van der Waals surface area contributed by atoms with Crippen LogP contribution in [0, 0.1) is 5.92 Å². The molecule has 2 aromatic heterocycles. The molecule has 1 fully saturated rings. The number of anilines is 7. The van der Waals surface area contributed by atoms with E-state index in [0.29, 0.717) is 78.0 Å². The van der Waals surface area contributed by atoms with Crippen molar-refractivity contribution in [2.75, 3.05) is 56.8 Å². The number of rotatable bonds is 18. The first-order chi connectivity index (χ1) is 29.2. The van der Waals surface area contributed by atoms with Crippen molar-refractivity contribution in [2.24, 2.45) is 5.92 Å². The van der Waals surface area contributed by atoms with E-state index >= 15 is 0 Å². The van der Waals surface area contributed by atoms with Crippen molar-refractivity contribution in [3.8, 4) is 46.1 Å². The normalized spacial score (nSPS) is 11.8. The fourth-order valence-corrected chi connectivity index (χ4v) is 6.46. The molecule has 0 unspecified atom stereocenters. The SMILES string of the molecule is COc1cc(Nc2ncc(Br)c(Nc3cccc(COc4cc(Nc5ncc(Br)c(Oc6ccccc6NC(=O)C6CC6)n5)cc(OC)c4OC)c3)n2)cc(OC)c1OC. The predicted octanol–water partition coefficient (Wildman–Crippen LogP) is 9.79. The van der Waals surface area contributed by atoms with Gasteiger partial charge in [0.25, 0.3) is 0 Å². The van der Waals surface area contributed by atoms with Crippen molar-refractivity contribution >= 4 is 78.2 Å². The average molecular weight is 945 g/mol. The molecule has 0 bridgehead atoms. The minimum Gasteiger partial charge on any atom is -0.493 e. The number of methoxy groups -OCH3 is 5. The summed E-state index contributed by atoms with van der Waals surface area (Å²) in [5.41, 5.74) is 3.36. The number of carbonyl (C=O) groups excluding carboxylic acids is 1. The summed E-state index contributed by atoms with van der Waals surface area (Å²) < 4.78 is 41.4. The van der Waals surface area contributed by atoms with Gasteiger partial charge >= 0.3 is 0 Å². The summed E-state index contributed by atoms with van der Waals surface area (Å²) >= 11 is 7.04. The van der Waals surface area contributed by atoms with Crippen LogP contribution in [0.15, 0.2) is 94.1 Å². The molecule has 60 heavy (non-hydrogen) atoms. The van der Waals surface area contributed by atoms with Crippen molar-refractivity contribution in [1.29, 1.82) is 0 Å². The maximum absolute atomic E-state index is 12.5. The molecule has 0 radical (unpaired) electrons. The van der Waals surface area contributed by atoms with E-state index in [4.69, 9.17) is 33.2 Å². The fraction of sp³-hybridized carbons (Fsp3) is 0.214. The lowest BCUT2D eigenvalue weighted by Gasteiger charge is -2.17. The Kier molecular flexibility index (Phi) is 13.2. The number of benzene rings is 4. The van der Waals surface area contributed by atoms with Crippen LogP contribution in [0.2, 0.25) is 0 Å². The first kappa shape index (κ1) is 41.6. The standard InChI is InChI=1S/C42H40Br2N8O8/c1-54-32-16-26(17-33(55-2)36(32)57-4)48-41-45-20-28(43)38(51-41)47-25-10-8-9-23(15-25)22-59-35-19-27(18-34(56-3)37(35)58-5)49-42-46-21-29(44)40(52-42)60-31-12-7-6-11-30(31)50-39(53)24-13-14-24/h6-12,15-21,24H,13-14,22H2,1-5H3,(H,50,53)(H,46,49,52)(H2,45,47,48,51). The zero-order chi connectivity index (χ0) is 42.2. The van der Waals surface area contributed by atoms with E-state index in [0.717, 1.165) is 24.1 Å². The molecule has 6 aromatic rings. The molecule has 0 spiro atoms. The quantitative estimate of drug-likeness (QED) is 0.0639. The van der Waals surface area contributed by atoms with Crippen molar-refractivity contribution in [2.45, 2.75) is 19.4 Å². The Morgan fingerprint density at radius 1 is 0.650 bits per heavy atom. The van der Waals surface area contributed by atoms with Crippen LogP contribution in [0.1, 0.15) is 18.4 Å². The number of ether oxygens (including phenoxy) is 7. The van der Waals surface area contributed by atoms with Crippen LogP contribution in [0.3, 0.4) is 0 Å². The van der Waals surface area contributed by atoms with E-state index in [2.05, 4.69) is 73.1 Å². The molecule has 1 aliphatic rings. The molecule has 18 heteroatoms. The van der Waals surface area contributed by atoms with Gasteiger partial charge in [0.2, 0.25) is 35.2 Å². The Morgan fingerprint density at radius 3 is 1.88 bits per heavy atom. The number of nitrogens with one attached hydrogen (secondary N) is 4. The summed E-state index contributed by atoms with van der Waals surface area (Å²) in [5.74, 6) is 4.47. The van der Waals surface area contributed by atoms with Gasteiger partial charge < -0.3 is 54.4 Å². The van der Waals surface area contributed by atoms with Crippen LogP contribution in [0.4, 0.5) is 40.5 Å². The molecule has 310 valence electrons. The van der Waals surface area contributed by atoms with Gasteiger partial charge in [-0.1, -0.05) is 24.3 Å². The highest BCUT2D eigenvalue weighted by Crippen LogP contribution is 2.43. The number of amides is 1. The highest BCUT2D eigenvalue weighted by Gasteiger charge is 2.30.